The van der Waals surface area contributed by atoms with E-state index < -0.39 is 5.60 Å². The normalized spacial score (nSPS) is 21.3. The number of carbonyl (C=O) groups excluding carboxylic acids is 1. The number of nitrogens with zero attached hydrogens (tertiary/aromatic N) is 1. The molecule has 0 radical (unpaired) electrons. The van der Waals surface area contributed by atoms with Crippen molar-refractivity contribution in [1.29, 1.82) is 0 Å². The minimum absolute atomic E-state index is 0.260. The van der Waals surface area contributed by atoms with Crippen molar-refractivity contribution in [2.75, 3.05) is 26.3 Å². The maximum atomic E-state index is 12.6. The second-order valence-electron chi connectivity index (χ2n) is 5.64. The second kappa shape index (κ2) is 6.77. The number of aliphatic hydroxyl groups is 1. The van der Waals surface area contributed by atoms with Gasteiger partial charge in [0.1, 0.15) is 0 Å². The molecule has 1 heterocycles. The van der Waals surface area contributed by atoms with Crippen LogP contribution in [0.5, 0.6) is 0 Å². The van der Waals surface area contributed by atoms with E-state index in [4.69, 9.17) is 16.3 Å². The molecule has 1 aliphatic rings. The van der Waals surface area contributed by atoms with Crippen LogP contribution in [0.15, 0.2) is 24.3 Å². The Hall–Kier alpha value is -1.10. The maximum Gasteiger partial charge on any atom is 0.258 e. The van der Waals surface area contributed by atoms with E-state index in [0.29, 0.717) is 42.8 Å². The van der Waals surface area contributed by atoms with Crippen LogP contribution in [0.4, 0.5) is 0 Å². The molecule has 0 spiro atoms. The van der Waals surface area contributed by atoms with Gasteiger partial charge < -0.3 is 14.7 Å². The Kier molecular flexibility index (Phi) is 5.25. The van der Waals surface area contributed by atoms with Crippen LogP contribution in [0.1, 0.15) is 25.8 Å². The van der Waals surface area contributed by atoms with Crippen molar-refractivity contribution in [3.05, 3.63) is 34.9 Å². The molecule has 21 heavy (non-hydrogen) atoms. The number of carbonyl (C=O) groups is 1. The molecule has 0 aromatic heterocycles. The van der Waals surface area contributed by atoms with Gasteiger partial charge in [0.2, 0.25) is 0 Å². The smallest absolute Gasteiger partial charge is 0.258 e. The highest BCUT2D eigenvalue weighted by Crippen LogP contribution is 2.27. The third-order valence-corrected chi connectivity index (χ3v) is 4.21. The van der Waals surface area contributed by atoms with Crippen molar-refractivity contribution in [3.63, 3.8) is 0 Å². The highest BCUT2D eigenvalue weighted by molar-refractivity contribution is 6.30. The van der Waals surface area contributed by atoms with Crippen LogP contribution < -0.4 is 0 Å². The number of halogens is 1. The van der Waals surface area contributed by atoms with Crippen molar-refractivity contribution in [2.45, 2.75) is 25.9 Å². The summed E-state index contributed by atoms with van der Waals surface area (Å²) in [4.78, 5) is 14.3. The highest BCUT2D eigenvalue weighted by Gasteiger charge is 2.39. The summed E-state index contributed by atoms with van der Waals surface area (Å²) in [5.41, 5.74) is -0.962. The molecule has 1 saturated heterocycles. The Morgan fingerprint density at radius 2 is 2.14 bits per heavy atom. The molecule has 0 saturated carbocycles. The predicted octanol–water partition coefficient (Wildman–Crippen LogP) is 2.43. The minimum Gasteiger partial charge on any atom is -0.381 e. The number of benzene rings is 1. The van der Waals surface area contributed by atoms with Crippen LogP contribution >= 0.6 is 11.6 Å². The van der Waals surface area contributed by atoms with Crippen LogP contribution in [0.3, 0.4) is 0 Å². The summed E-state index contributed by atoms with van der Waals surface area (Å²) < 4.78 is 5.41. The van der Waals surface area contributed by atoms with Crippen LogP contribution in [0.2, 0.25) is 5.02 Å². The number of ether oxygens (including phenoxy) is 1. The summed E-state index contributed by atoms with van der Waals surface area (Å²) in [6.07, 6.45) is 0.919. The van der Waals surface area contributed by atoms with Gasteiger partial charge in [0.15, 0.2) is 5.60 Å². The fraction of sp³-hybridized carbons (Fsp3) is 0.562. The van der Waals surface area contributed by atoms with Gasteiger partial charge in [-0.2, -0.15) is 0 Å². The average Bonchev–Trinajstić information content (AvgIpc) is 2.93. The number of rotatable bonds is 5. The first-order valence-corrected chi connectivity index (χ1v) is 7.68. The number of hydrogen-bond donors (Lipinski definition) is 1. The molecule has 1 fully saturated rings. The van der Waals surface area contributed by atoms with Gasteiger partial charge in [-0.1, -0.05) is 23.7 Å². The van der Waals surface area contributed by atoms with Gasteiger partial charge >= 0.3 is 0 Å². The topological polar surface area (TPSA) is 49.8 Å². The van der Waals surface area contributed by atoms with Crippen LogP contribution in [-0.2, 0) is 15.1 Å². The zero-order valence-electron chi connectivity index (χ0n) is 12.5. The van der Waals surface area contributed by atoms with Gasteiger partial charge in [-0.3, -0.25) is 4.79 Å². The lowest BCUT2D eigenvalue weighted by Gasteiger charge is -2.28. The Morgan fingerprint density at radius 1 is 1.48 bits per heavy atom. The molecule has 1 aliphatic heterocycles. The Balaban J connectivity index is 2.03. The zero-order valence-corrected chi connectivity index (χ0v) is 13.3. The quantitative estimate of drug-likeness (QED) is 0.908. The molecule has 2 rings (SSSR count). The number of hydrogen-bond acceptors (Lipinski definition) is 3. The lowest BCUT2D eigenvalue weighted by Crippen LogP contribution is -2.44. The number of likely N-dealkylation sites (tertiary alicyclic amines) is 1. The van der Waals surface area contributed by atoms with E-state index in [1.54, 1.807) is 29.2 Å². The first kappa shape index (κ1) is 16.3. The Morgan fingerprint density at radius 3 is 2.76 bits per heavy atom. The van der Waals surface area contributed by atoms with Gasteiger partial charge in [-0.05, 0) is 38.0 Å². The molecular weight excluding hydrogens is 290 g/mol. The summed E-state index contributed by atoms with van der Waals surface area (Å²) in [7, 11) is 0. The molecular formula is C16H22ClNO3. The largest absolute Gasteiger partial charge is 0.381 e. The molecule has 5 heteroatoms. The first-order valence-electron chi connectivity index (χ1n) is 7.30. The monoisotopic (exact) mass is 311 g/mol. The molecule has 4 nitrogen and oxygen atoms in total. The SMILES string of the molecule is CCOC[C@H]1CCN(C(=O)[C@](C)(O)c2ccc(Cl)cc2)C1. The van der Waals surface area contributed by atoms with E-state index in [1.165, 1.54) is 6.92 Å². The highest BCUT2D eigenvalue weighted by atomic mass is 35.5. The van der Waals surface area contributed by atoms with Gasteiger partial charge in [-0.15, -0.1) is 0 Å². The van der Waals surface area contributed by atoms with Gasteiger partial charge in [-0.25, -0.2) is 0 Å². The van der Waals surface area contributed by atoms with Gasteiger partial charge in [0.25, 0.3) is 5.91 Å². The minimum atomic E-state index is -1.52. The first-order chi connectivity index (χ1) is 9.95. The van der Waals surface area contributed by atoms with Gasteiger partial charge in [0, 0.05) is 30.6 Å². The van der Waals surface area contributed by atoms with Crippen LogP contribution in [-0.4, -0.2) is 42.2 Å². The van der Waals surface area contributed by atoms with Crippen LogP contribution in [0.25, 0.3) is 0 Å². The Labute approximate surface area is 130 Å². The lowest BCUT2D eigenvalue weighted by atomic mass is 9.94. The maximum absolute atomic E-state index is 12.6. The zero-order chi connectivity index (χ0) is 15.5. The number of amides is 1. The van der Waals surface area contributed by atoms with Crippen molar-refractivity contribution >= 4 is 17.5 Å². The van der Waals surface area contributed by atoms with E-state index in [1.807, 2.05) is 6.92 Å². The van der Waals surface area contributed by atoms with E-state index >= 15 is 0 Å². The standard InChI is InChI=1S/C16H22ClNO3/c1-3-21-11-12-8-9-18(10-12)15(19)16(2,20)13-4-6-14(17)7-5-13/h4-7,12,20H,3,8-11H2,1-2H3/t12-,16+/m0/s1. The van der Waals surface area contributed by atoms with E-state index in [-0.39, 0.29) is 5.91 Å². The van der Waals surface area contributed by atoms with Crippen molar-refractivity contribution < 1.29 is 14.6 Å². The molecule has 1 aromatic rings. The molecule has 0 bridgehead atoms. The third kappa shape index (κ3) is 3.76. The van der Waals surface area contributed by atoms with Crippen molar-refractivity contribution in [2.24, 2.45) is 5.92 Å². The summed E-state index contributed by atoms with van der Waals surface area (Å²) >= 11 is 5.85. The van der Waals surface area contributed by atoms with Crippen molar-refractivity contribution in [1.82, 2.24) is 4.90 Å². The summed E-state index contributed by atoms with van der Waals surface area (Å²) in [5, 5.41) is 11.2. The summed E-state index contributed by atoms with van der Waals surface area (Å²) in [6, 6.07) is 6.74. The molecule has 2 atom stereocenters. The fourth-order valence-corrected chi connectivity index (χ4v) is 2.77. The van der Waals surface area contributed by atoms with E-state index in [9.17, 15) is 9.90 Å². The molecule has 1 aromatic carbocycles. The van der Waals surface area contributed by atoms with E-state index in [2.05, 4.69) is 0 Å². The van der Waals surface area contributed by atoms with Gasteiger partial charge in [0.05, 0.1) is 6.61 Å². The van der Waals surface area contributed by atoms with Crippen molar-refractivity contribution in [3.8, 4) is 0 Å². The predicted molar refractivity (Wildman–Crippen MR) is 82.2 cm³/mol. The van der Waals surface area contributed by atoms with Crippen LogP contribution in [0, 0.1) is 5.92 Å². The average molecular weight is 312 g/mol. The molecule has 0 unspecified atom stereocenters. The van der Waals surface area contributed by atoms with E-state index in [0.717, 1.165) is 6.42 Å². The molecule has 1 amide bonds. The fourth-order valence-electron chi connectivity index (χ4n) is 2.64. The second-order valence-corrected chi connectivity index (χ2v) is 6.08. The summed E-state index contributed by atoms with van der Waals surface area (Å²) in [6.45, 7) is 6.16. The molecule has 116 valence electrons. The lowest BCUT2D eigenvalue weighted by molar-refractivity contribution is -0.149. The molecule has 0 aliphatic carbocycles. The third-order valence-electron chi connectivity index (χ3n) is 3.95. The molecule has 1 N–H and O–H groups in total. The Bertz CT molecular complexity index is 487. The summed E-state index contributed by atoms with van der Waals surface area (Å²) in [5.74, 6) is 0.0961.